The van der Waals surface area contributed by atoms with Gasteiger partial charge in [0.25, 0.3) is 0 Å². The normalized spacial score (nSPS) is 34.1. The summed E-state index contributed by atoms with van der Waals surface area (Å²) >= 11 is 1.80. The van der Waals surface area contributed by atoms with Crippen LogP contribution in [0.15, 0.2) is 0 Å². The second kappa shape index (κ2) is 5.16. The monoisotopic (exact) mass is 255 g/mol. The van der Waals surface area contributed by atoms with Gasteiger partial charge in [-0.1, -0.05) is 0 Å². The number of nitrogens with zero attached hydrogens (tertiary/aromatic N) is 1. The number of thioether (sulfide) groups is 1. The lowest BCUT2D eigenvalue weighted by molar-refractivity contribution is -0.122. The molecule has 1 saturated carbocycles. The summed E-state index contributed by atoms with van der Waals surface area (Å²) in [6.45, 7) is 3.30. The largest absolute Gasteiger partial charge is 0.354 e. The van der Waals surface area contributed by atoms with Gasteiger partial charge in [-0.05, 0) is 31.7 Å². The number of likely N-dealkylation sites (tertiary alicyclic amines) is 1. The predicted molar refractivity (Wildman–Crippen MR) is 70.0 cm³/mol. The minimum absolute atomic E-state index is 0.0425. The van der Waals surface area contributed by atoms with E-state index in [1.54, 1.807) is 11.8 Å². The van der Waals surface area contributed by atoms with Gasteiger partial charge in [0.1, 0.15) is 0 Å². The number of hydrogen-bond donors (Lipinski definition) is 2. The molecule has 0 aromatic rings. The van der Waals surface area contributed by atoms with Gasteiger partial charge in [-0.3, -0.25) is 10.1 Å². The second-order valence-corrected chi connectivity index (χ2v) is 6.43. The van der Waals surface area contributed by atoms with Gasteiger partial charge < -0.3 is 10.2 Å². The Labute approximate surface area is 107 Å². The van der Waals surface area contributed by atoms with Crippen LogP contribution in [0, 0.1) is 5.92 Å². The van der Waals surface area contributed by atoms with Gasteiger partial charge in [-0.2, -0.15) is 0 Å². The number of hydrogen-bond acceptors (Lipinski definition) is 4. The molecule has 1 aliphatic carbocycles. The molecule has 17 heavy (non-hydrogen) atoms. The summed E-state index contributed by atoms with van der Waals surface area (Å²) in [5.41, 5.74) is 0. The van der Waals surface area contributed by atoms with Crippen molar-refractivity contribution in [2.45, 2.75) is 31.3 Å². The maximum absolute atomic E-state index is 11.8. The van der Waals surface area contributed by atoms with E-state index in [4.69, 9.17) is 0 Å². The molecule has 0 bridgehead atoms. The molecule has 3 fully saturated rings. The van der Waals surface area contributed by atoms with Crippen molar-refractivity contribution in [3.8, 4) is 0 Å². The van der Waals surface area contributed by atoms with Gasteiger partial charge in [-0.15, -0.1) is 11.8 Å². The summed E-state index contributed by atoms with van der Waals surface area (Å²) in [7, 11) is 0. The molecule has 5 heteroatoms. The third-order valence-electron chi connectivity index (χ3n) is 3.98. The summed E-state index contributed by atoms with van der Waals surface area (Å²) in [4.78, 5) is 14.4. The molecule has 3 rings (SSSR count). The van der Waals surface area contributed by atoms with Crippen molar-refractivity contribution in [2.75, 3.05) is 31.3 Å². The van der Waals surface area contributed by atoms with E-state index in [0.717, 1.165) is 24.2 Å². The number of carbonyl (C=O) groups excluding carboxylic acids is 1. The Morgan fingerprint density at radius 1 is 1.41 bits per heavy atom. The van der Waals surface area contributed by atoms with E-state index >= 15 is 0 Å². The van der Waals surface area contributed by atoms with Crippen LogP contribution in [0.5, 0.6) is 0 Å². The van der Waals surface area contributed by atoms with Crippen molar-refractivity contribution < 1.29 is 4.79 Å². The third kappa shape index (κ3) is 2.95. The third-order valence-corrected chi connectivity index (χ3v) is 4.92. The molecule has 4 nitrogen and oxygen atoms in total. The zero-order valence-electron chi connectivity index (χ0n) is 10.2. The lowest BCUT2D eigenvalue weighted by Crippen LogP contribution is -2.43. The summed E-state index contributed by atoms with van der Waals surface area (Å²) in [5, 5.41) is 6.31. The van der Waals surface area contributed by atoms with E-state index in [1.165, 1.54) is 32.4 Å². The average molecular weight is 255 g/mol. The van der Waals surface area contributed by atoms with E-state index in [0.29, 0.717) is 5.92 Å². The lowest BCUT2D eigenvalue weighted by atomic mass is 10.1. The van der Waals surface area contributed by atoms with Crippen LogP contribution in [-0.4, -0.2) is 54.2 Å². The van der Waals surface area contributed by atoms with Crippen LogP contribution < -0.4 is 10.6 Å². The zero-order chi connectivity index (χ0) is 11.7. The van der Waals surface area contributed by atoms with Crippen LogP contribution in [0.25, 0.3) is 0 Å². The molecule has 2 aliphatic heterocycles. The number of amides is 1. The van der Waals surface area contributed by atoms with Crippen LogP contribution in [-0.2, 0) is 4.79 Å². The highest BCUT2D eigenvalue weighted by atomic mass is 32.2. The first kappa shape index (κ1) is 11.8. The van der Waals surface area contributed by atoms with Gasteiger partial charge in [0.05, 0.1) is 6.04 Å². The Morgan fingerprint density at radius 3 is 3.00 bits per heavy atom. The van der Waals surface area contributed by atoms with E-state index in [1.807, 2.05) is 0 Å². The summed E-state index contributed by atoms with van der Waals surface area (Å²) in [6.07, 6.45) is 4.04. The first-order chi connectivity index (χ1) is 8.33. The topological polar surface area (TPSA) is 44.4 Å². The summed E-state index contributed by atoms with van der Waals surface area (Å²) < 4.78 is 0. The smallest absolute Gasteiger partial charge is 0.238 e. The molecule has 1 amide bonds. The molecule has 2 unspecified atom stereocenters. The number of carbonyl (C=O) groups is 1. The maximum atomic E-state index is 11.8. The quantitative estimate of drug-likeness (QED) is 0.756. The molecule has 0 aromatic heterocycles. The van der Waals surface area contributed by atoms with Crippen molar-refractivity contribution in [2.24, 2.45) is 5.92 Å². The molecule has 0 radical (unpaired) electrons. The molecular weight excluding hydrogens is 234 g/mol. The van der Waals surface area contributed by atoms with Crippen molar-refractivity contribution in [1.29, 1.82) is 0 Å². The standard InChI is InChI=1S/C12H21N3OS/c16-12(11-7-17-8-14-11)13-5-9-3-4-15(6-9)10-1-2-10/h9-11,14H,1-8H2,(H,13,16). The highest BCUT2D eigenvalue weighted by molar-refractivity contribution is 7.99. The molecule has 2 heterocycles. The Morgan fingerprint density at radius 2 is 2.29 bits per heavy atom. The summed E-state index contributed by atoms with van der Waals surface area (Å²) in [5.74, 6) is 2.70. The average Bonchev–Trinajstić information content (AvgIpc) is 2.88. The molecule has 0 spiro atoms. The maximum Gasteiger partial charge on any atom is 0.238 e. The van der Waals surface area contributed by atoms with Crippen molar-refractivity contribution in [3.63, 3.8) is 0 Å². The van der Waals surface area contributed by atoms with E-state index in [9.17, 15) is 4.79 Å². The van der Waals surface area contributed by atoms with Gasteiger partial charge in [0, 0.05) is 30.8 Å². The first-order valence-corrected chi connectivity index (χ1v) is 7.81. The fourth-order valence-corrected chi connectivity index (χ4v) is 3.67. The SMILES string of the molecule is O=C(NCC1CCN(C2CC2)C1)C1CSCN1. The highest BCUT2D eigenvalue weighted by Crippen LogP contribution is 2.31. The Kier molecular flexibility index (Phi) is 3.59. The van der Waals surface area contributed by atoms with E-state index < -0.39 is 0 Å². The fraction of sp³-hybridized carbons (Fsp3) is 0.917. The van der Waals surface area contributed by atoms with Gasteiger partial charge in [0.15, 0.2) is 0 Å². The molecule has 3 aliphatic rings. The molecule has 2 N–H and O–H groups in total. The molecular formula is C12H21N3OS. The second-order valence-electron chi connectivity index (χ2n) is 5.40. The molecule has 0 aromatic carbocycles. The van der Waals surface area contributed by atoms with Crippen LogP contribution in [0.4, 0.5) is 0 Å². The van der Waals surface area contributed by atoms with E-state index in [-0.39, 0.29) is 11.9 Å². The Balaban J connectivity index is 1.37. The Hall–Kier alpha value is -0.260. The van der Waals surface area contributed by atoms with Crippen LogP contribution in [0.3, 0.4) is 0 Å². The molecule has 2 atom stereocenters. The van der Waals surface area contributed by atoms with Gasteiger partial charge in [-0.25, -0.2) is 0 Å². The minimum atomic E-state index is 0.0425. The van der Waals surface area contributed by atoms with Crippen LogP contribution in [0.2, 0.25) is 0 Å². The van der Waals surface area contributed by atoms with Crippen molar-refractivity contribution in [3.05, 3.63) is 0 Å². The zero-order valence-corrected chi connectivity index (χ0v) is 11.0. The Bertz CT molecular complexity index is 289. The van der Waals surface area contributed by atoms with E-state index in [2.05, 4.69) is 15.5 Å². The molecule has 96 valence electrons. The first-order valence-electron chi connectivity index (χ1n) is 6.66. The molecule has 2 saturated heterocycles. The number of rotatable bonds is 4. The van der Waals surface area contributed by atoms with Gasteiger partial charge >= 0.3 is 0 Å². The predicted octanol–water partition coefficient (Wildman–Crippen LogP) is 0.249. The van der Waals surface area contributed by atoms with Crippen LogP contribution in [0.1, 0.15) is 19.3 Å². The minimum Gasteiger partial charge on any atom is -0.354 e. The van der Waals surface area contributed by atoms with Crippen molar-refractivity contribution in [1.82, 2.24) is 15.5 Å². The lowest BCUT2D eigenvalue weighted by Gasteiger charge is -2.16. The summed E-state index contributed by atoms with van der Waals surface area (Å²) in [6, 6.07) is 0.921. The van der Waals surface area contributed by atoms with Gasteiger partial charge in [0.2, 0.25) is 5.91 Å². The highest BCUT2D eigenvalue weighted by Gasteiger charge is 2.34. The number of nitrogens with one attached hydrogen (secondary N) is 2. The van der Waals surface area contributed by atoms with Crippen LogP contribution >= 0.6 is 11.8 Å². The fourth-order valence-electron chi connectivity index (χ4n) is 2.73. The van der Waals surface area contributed by atoms with Crippen molar-refractivity contribution >= 4 is 17.7 Å².